The van der Waals surface area contributed by atoms with E-state index in [1.165, 1.54) is 6.07 Å². The van der Waals surface area contributed by atoms with E-state index in [-0.39, 0.29) is 11.3 Å². The highest BCUT2D eigenvalue weighted by Crippen LogP contribution is 2.14. The zero-order valence-corrected chi connectivity index (χ0v) is 11.4. The fraction of sp³-hybridized carbons (Fsp3) is 0.400. The lowest BCUT2D eigenvalue weighted by Crippen LogP contribution is -2.17. The Morgan fingerprint density at radius 1 is 1.11 bits per heavy atom. The second-order valence-electron chi connectivity index (χ2n) is 4.11. The molecule has 0 aliphatic rings. The van der Waals surface area contributed by atoms with E-state index in [2.05, 4.69) is 0 Å². The molecule has 18 heavy (non-hydrogen) atoms. The summed E-state index contributed by atoms with van der Waals surface area (Å²) in [6.07, 6.45) is 0.961. The van der Waals surface area contributed by atoms with Crippen molar-refractivity contribution in [3.8, 4) is 0 Å². The molecule has 0 amide bonds. The fourth-order valence-corrected chi connectivity index (χ4v) is 4.41. The largest absolute Gasteiger partial charge is 0.399 e. The molecule has 8 heteroatoms. The Hall–Kier alpha value is -1.15. The summed E-state index contributed by atoms with van der Waals surface area (Å²) >= 11 is 0. The Bertz CT molecular complexity index is 618. The number of hydrogen-bond acceptors (Lipinski definition) is 5. The van der Waals surface area contributed by atoms with Crippen molar-refractivity contribution in [1.29, 1.82) is 0 Å². The van der Waals surface area contributed by atoms with Crippen molar-refractivity contribution in [3.05, 3.63) is 29.6 Å². The first kappa shape index (κ1) is 14.9. The van der Waals surface area contributed by atoms with Gasteiger partial charge in [-0.3, -0.25) is 0 Å². The monoisotopic (exact) mass is 295 g/mol. The van der Waals surface area contributed by atoms with E-state index in [1.807, 2.05) is 0 Å². The first-order valence-electron chi connectivity index (χ1n) is 5.00. The Labute approximate surface area is 106 Å². The third-order valence-corrected chi connectivity index (χ3v) is 4.94. The molecule has 1 aromatic carbocycles. The third-order valence-electron chi connectivity index (χ3n) is 2.13. The highest BCUT2D eigenvalue weighted by Gasteiger charge is 2.16. The molecule has 0 spiro atoms. The lowest BCUT2D eigenvalue weighted by molar-refractivity contribution is 0.589. The van der Waals surface area contributed by atoms with Crippen LogP contribution in [0.4, 0.5) is 10.1 Å². The molecule has 0 radical (unpaired) electrons. The van der Waals surface area contributed by atoms with Crippen molar-refractivity contribution >= 4 is 25.4 Å². The summed E-state index contributed by atoms with van der Waals surface area (Å²) in [5.74, 6) is -1.98. The van der Waals surface area contributed by atoms with Gasteiger partial charge in [-0.05, 0) is 23.8 Å². The minimum absolute atomic E-state index is 0.128. The zero-order valence-electron chi connectivity index (χ0n) is 9.76. The predicted octanol–water partition coefficient (Wildman–Crippen LogP) is 0.367. The number of sulfone groups is 2. The van der Waals surface area contributed by atoms with Gasteiger partial charge in [0, 0.05) is 11.9 Å². The lowest BCUT2D eigenvalue weighted by Gasteiger charge is -2.05. The summed E-state index contributed by atoms with van der Waals surface area (Å²) in [5, 5.41) is 0. The van der Waals surface area contributed by atoms with Gasteiger partial charge in [-0.15, -0.1) is 0 Å². The fourth-order valence-electron chi connectivity index (χ4n) is 1.36. The summed E-state index contributed by atoms with van der Waals surface area (Å²) < 4.78 is 58.1. The highest BCUT2D eigenvalue weighted by atomic mass is 32.2. The van der Waals surface area contributed by atoms with Gasteiger partial charge in [0.05, 0.1) is 17.3 Å². The average Bonchev–Trinajstić information content (AvgIpc) is 2.11. The summed E-state index contributed by atoms with van der Waals surface area (Å²) in [6.45, 7) is 0. The molecule has 0 heterocycles. The van der Waals surface area contributed by atoms with Gasteiger partial charge in [-0.25, -0.2) is 21.2 Å². The molecule has 102 valence electrons. The number of anilines is 1. The van der Waals surface area contributed by atoms with Gasteiger partial charge in [0.25, 0.3) is 0 Å². The van der Waals surface area contributed by atoms with Crippen molar-refractivity contribution in [3.63, 3.8) is 0 Å². The van der Waals surface area contributed by atoms with E-state index in [4.69, 9.17) is 5.73 Å². The third kappa shape index (κ3) is 5.46. The van der Waals surface area contributed by atoms with Crippen LogP contribution in [0.3, 0.4) is 0 Å². The van der Waals surface area contributed by atoms with E-state index in [0.717, 1.165) is 18.4 Å². The van der Waals surface area contributed by atoms with E-state index < -0.39 is 42.8 Å². The van der Waals surface area contributed by atoms with E-state index in [9.17, 15) is 21.2 Å². The summed E-state index contributed by atoms with van der Waals surface area (Å²) in [7, 11) is -6.95. The van der Waals surface area contributed by atoms with Gasteiger partial charge in [-0.2, -0.15) is 0 Å². The number of halogens is 1. The van der Waals surface area contributed by atoms with Gasteiger partial charge in [0.2, 0.25) is 0 Å². The number of hydrogen-bond donors (Lipinski definition) is 1. The molecule has 1 aromatic rings. The second-order valence-corrected chi connectivity index (χ2v) is 8.56. The standard InChI is InChI=1S/C10H14FNO4S2/c1-17(13,14)2-3-18(15,16)7-8-4-9(11)6-10(12)5-8/h4-6H,2-3,7,12H2,1H3. The van der Waals surface area contributed by atoms with Gasteiger partial charge >= 0.3 is 0 Å². The molecule has 0 fully saturated rings. The maximum absolute atomic E-state index is 13.0. The van der Waals surface area contributed by atoms with Crippen molar-refractivity contribution in [2.45, 2.75) is 5.75 Å². The van der Waals surface area contributed by atoms with Crippen LogP contribution < -0.4 is 5.73 Å². The number of nitrogen functional groups attached to an aromatic ring is 1. The summed E-state index contributed by atoms with van der Waals surface area (Å²) in [4.78, 5) is 0. The minimum Gasteiger partial charge on any atom is -0.399 e. The second kappa shape index (κ2) is 5.23. The van der Waals surface area contributed by atoms with Crippen LogP contribution in [0.15, 0.2) is 18.2 Å². The van der Waals surface area contributed by atoms with Crippen LogP contribution in [0.25, 0.3) is 0 Å². The van der Waals surface area contributed by atoms with Crippen LogP contribution in [0.1, 0.15) is 5.56 Å². The van der Waals surface area contributed by atoms with Gasteiger partial charge < -0.3 is 5.73 Å². The molecule has 0 saturated carbocycles. The maximum atomic E-state index is 13.0. The molecule has 0 aliphatic heterocycles. The molecule has 0 atom stereocenters. The molecular formula is C10H14FNO4S2. The zero-order chi connectivity index (χ0) is 14.0. The Morgan fingerprint density at radius 2 is 1.72 bits per heavy atom. The quantitative estimate of drug-likeness (QED) is 0.792. The summed E-state index contributed by atoms with van der Waals surface area (Å²) in [5.41, 5.74) is 5.73. The van der Waals surface area contributed by atoms with Crippen LogP contribution in [-0.4, -0.2) is 34.6 Å². The molecule has 0 bridgehead atoms. The van der Waals surface area contributed by atoms with E-state index >= 15 is 0 Å². The van der Waals surface area contributed by atoms with Crippen LogP contribution in [-0.2, 0) is 25.4 Å². The van der Waals surface area contributed by atoms with Gasteiger partial charge in [0.1, 0.15) is 15.7 Å². The number of rotatable bonds is 5. The van der Waals surface area contributed by atoms with Gasteiger partial charge in [-0.1, -0.05) is 0 Å². The van der Waals surface area contributed by atoms with Crippen LogP contribution in [0.5, 0.6) is 0 Å². The van der Waals surface area contributed by atoms with Crippen LogP contribution in [0.2, 0.25) is 0 Å². The Morgan fingerprint density at radius 3 is 2.22 bits per heavy atom. The number of nitrogens with two attached hydrogens (primary N) is 1. The Balaban J connectivity index is 2.83. The van der Waals surface area contributed by atoms with Crippen molar-refractivity contribution < 1.29 is 21.2 Å². The molecule has 5 nitrogen and oxygen atoms in total. The van der Waals surface area contributed by atoms with Crippen molar-refractivity contribution in [1.82, 2.24) is 0 Å². The van der Waals surface area contributed by atoms with Crippen LogP contribution >= 0.6 is 0 Å². The highest BCUT2D eigenvalue weighted by molar-refractivity contribution is 7.94. The number of benzene rings is 1. The smallest absolute Gasteiger partial charge is 0.155 e. The molecule has 0 aliphatic carbocycles. The molecule has 0 unspecified atom stereocenters. The van der Waals surface area contributed by atoms with Crippen molar-refractivity contribution in [2.75, 3.05) is 23.5 Å². The predicted molar refractivity (Wildman–Crippen MR) is 68.0 cm³/mol. The minimum atomic E-state index is -3.60. The maximum Gasteiger partial charge on any atom is 0.155 e. The molecule has 0 saturated heterocycles. The normalized spacial score (nSPS) is 12.6. The molecular weight excluding hydrogens is 281 g/mol. The average molecular weight is 295 g/mol. The van der Waals surface area contributed by atoms with Gasteiger partial charge in [0.15, 0.2) is 9.84 Å². The molecule has 1 rings (SSSR count). The molecule has 0 aromatic heterocycles. The van der Waals surface area contributed by atoms with Crippen molar-refractivity contribution in [2.24, 2.45) is 0 Å². The lowest BCUT2D eigenvalue weighted by atomic mass is 10.2. The Kier molecular flexibility index (Phi) is 4.33. The van der Waals surface area contributed by atoms with E-state index in [1.54, 1.807) is 0 Å². The van der Waals surface area contributed by atoms with E-state index in [0.29, 0.717) is 0 Å². The first-order chi connectivity index (χ1) is 8.07. The molecule has 2 N–H and O–H groups in total. The summed E-state index contributed by atoms with van der Waals surface area (Å²) in [6, 6.07) is 3.49. The SMILES string of the molecule is CS(=O)(=O)CCS(=O)(=O)Cc1cc(N)cc(F)c1. The topological polar surface area (TPSA) is 94.3 Å². The van der Waals surface area contributed by atoms with Crippen LogP contribution in [0, 0.1) is 5.82 Å². The first-order valence-corrected chi connectivity index (χ1v) is 8.89.